The minimum Gasteiger partial charge on any atom is -0.381 e. The van der Waals surface area contributed by atoms with E-state index in [4.69, 9.17) is 0 Å². The lowest BCUT2D eigenvalue weighted by Crippen LogP contribution is -2.54. The molecule has 2 aliphatic rings. The molecule has 1 aromatic rings. The number of nitrogens with one attached hydrogen (secondary N) is 1. The Balaban J connectivity index is 2.01. The second kappa shape index (κ2) is 3.63. The summed E-state index contributed by atoms with van der Waals surface area (Å²) in [5, 5.41) is 3.36. The summed E-state index contributed by atoms with van der Waals surface area (Å²) >= 11 is 0. The van der Waals surface area contributed by atoms with E-state index in [9.17, 15) is 8.42 Å². The van der Waals surface area contributed by atoms with Gasteiger partial charge in [-0.3, -0.25) is 0 Å². The zero-order valence-electron chi connectivity index (χ0n) is 9.81. The average molecular weight is 252 g/mol. The fourth-order valence-corrected chi connectivity index (χ4v) is 4.24. The van der Waals surface area contributed by atoms with Crippen molar-refractivity contribution in [3.8, 4) is 0 Å². The smallest absolute Gasteiger partial charge is 0.154 e. The van der Waals surface area contributed by atoms with E-state index in [1.165, 1.54) is 5.56 Å². The number of fused-ring (bicyclic) bond motifs is 3. The molecule has 0 aliphatic carbocycles. The molecular formula is C12H16N2O2S. The highest BCUT2D eigenvalue weighted by Gasteiger charge is 2.34. The van der Waals surface area contributed by atoms with Gasteiger partial charge in [0, 0.05) is 13.1 Å². The predicted octanol–water partition coefficient (Wildman–Crippen LogP) is 1.02. The van der Waals surface area contributed by atoms with Crippen LogP contribution in [0.2, 0.25) is 0 Å². The molecule has 92 valence electrons. The highest BCUT2D eigenvalue weighted by molar-refractivity contribution is 7.91. The minimum absolute atomic E-state index is 0.0862. The number of hydrogen-bond donors (Lipinski definition) is 1. The third-order valence-electron chi connectivity index (χ3n) is 3.60. The first-order valence-corrected chi connectivity index (χ1v) is 7.69. The van der Waals surface area contributed by atoms with Crippen molar-refractivity contribution < 1.29 is 8.42 Å². The van der Waals surface area contributed by atoms with Crippen molar-refractivity contribution in [2.24, 2.45) is 0 Å². The maximum absolute atomic E-state index is 11.6. The Labute approximate surface area is 102 Å². The van der Waals surface area contributed by atoms with Gasteiger partial charge in [0.15, 0.2) is 9.84 Å². The minimum atomic E-state index is -2.85. The lowest BCUT2D eigenvalue weighted by molar-refractivity contribution is 0.559. The molecule has 3 rings (SSSR count). The highest BCUT2D eigenvalue weighted by atomic mass is 32.2. The molecule has 0 aromatic heterocycles. The molecular weight excluding hydrogens is 236 g/mol. The molecule has 17 heavy (non-hydrogen) atoms. The fraction of sp³-hybridized carbons (Fsp3) is 0.500. The number of anilines is 2. The molecule has 0 bridgehead atoms. The van der Waals surface area contributed by atoms with Crippen molar-refractivity contribution in [3.05, 3.63) is 23.8 Å². The van der Waals surface area contributed by atoms with Gasteiger partial charge < -0.3 is 10.2 Å². The van der Waals surface area contributed by atoms with Crippen LogP contribution in [0.5, 0.6) is 0 Å². The van der Waals surface area contributed by atoms with Gasteiger partial charge in [-0.05, 0) is 18.6 Å². The van der Waals surface area contributed by atoms with Gasteiger partial charge in [0.2, 0.25) is 0 Å². The van der Waals surface area contributed by atoms with Gasteiger partial charge in [-0.1, -0.05) is 12.1 Å². The van der Waals surface area contributed by atoms with Gasteiger partial charge in [-0.2, -0.15) is 0 Å². The van der Waals surface area contributed by atoms with Gasteiger partial charge in [-0.15, -0.1) is 0 Å². The molecule has 1 aromatic carbocycles. The van der Waals surface area contributed by atoms with E-state index >= 15 is 0 Å². The summed E-state index contributed by atoms with van der Waals surface area (Å²) in [7, 11) is -2.85. The molecule has 4 nitrogen and oxygen atoms in total. The standard InChI is InChI=1S/C12H16N2O2S/c1-9-3-2-4-11-12(9)13-7-10-8-17(15,16)6-5-14(10)11/h2-4,10,13H,5-8H2,1H3. The van der Waals surface area contributed by atoms with E-state index in [-0.39, 0.29) is 17.5 Å². The van der Waals surface area contributed by atoms with E-state index in [0.717, 1.165) is 17.9 Å². The zero-order valence-corrected chi connectivity index (χ0v) is 10.6. The number of para-hydroxylation sites is 1. The van der Waals surface area contributed by atoms with Crippen molar-refractivity contribution in [1.29, 1.82) is 0 Å². The van der Waals surface area contributed by atoms with Crippen LogP contribution in [0.4, 0.5) is 11.4 Å². The summed E-state index contributed by atoms with van der Waals surface area (Å²) < 4.78 is 23.3. The van der Waals surface area contributed by atoms with Crippen LogP contribution in [0.3, 0.4) is 0 Å². The average Bonchev–Trinajstić information content (AvgIpc) is 2.27. The number of rotatable bonds is 0. The van der Waals surface area contributed by atoms with E-state index in [1.807, 2.05) is 6.07 Å². The number of benzene rings is 1. The quantitative estimate of drug-likeness (QED) is 0.749. The molecule has 1 N–H and O–H groups in total. The molecule has 2 aliphatic heterocycles. The Hall–Kier alpha value is -1.23. The van der Waals surface area contributed by atoms with E-state index in [1.54, 1.807) is 0 Å². The number of aryl methyl sites for hydroxylation is 1. The zero-order chi connectivity index (χ0) is 12.0. The van der Waals surface area contributed by atoms with Crippen LogP contribution in [-0.2, 0) is 9.84 Å². The Morgan fingerprint density at radius 1 is 1.41 bits per heavy atom. The van der Waals surface area contributed by atoms with Gasteiger partial charge >= 0.3 is 0 Å². The monoisotopic (exact) mass is 252 g/mol. The molecule has 0 amide bonds. The van der Waals surface area contributed by atoms with Crippen molar-refractivity contribution >= 4 is 21.2 Å². The molecule has 1 atom stereocenters. The largest absolute Gasteiger partial charge is 0.381 e. The molecule has 5 heteroatoms. The van der Waals surface area contributed by atoms with Crippen molar-refractivity contribution in [2.75, 3.05) is 34.8 Å². The Bertz CT molecular complexity index is 554. The maximum Gasteiger partial charge on any atom is 0.154 e. The Kier molecular flexibility index (Phi) is 2.33. The summed E-state index contributed by atoms with van der Waals surface area (Å²) in [6.45, 7) is 3.41. The third kappa shape index (κ3) is 1.78. The van der Waals surface area contributed by atoms with Gasteiger partial charge in [0.05, 0.1) is 28.9 Å². The molecule has 2 heterocycles. The summed E-state index contributed by atoms with van der Waals surface area (Å²) in [5.41, 5.74) is 3.52. The molecule has 0 radical (unpaired) electrons. The highest BCUT2D eigenvalue weighted by Crippen LogP contribution is 2.35. The van der Waals surface area contributed by atoms with Crippen LogP contribution < -0.4 is 10.2 Å². The van der Waals surface area contributed by atoms with Crippen LogP contribution in [0.1, 0.15) is 5.56 Å². The Morgan fingerprint density at radius 3 is 3.06 bits per heavy atom. The first-order valence-electron chi connectivity index (χ1n) is 5.87. The van der Waals surface area contributed by atoms with Crippen molar-refractivity contribution in [2.45, 2.75) is 13.0 Å². The first-order chi connectivity index (χ1) is 8.07. The van der Waals surface area contributed by atoms with Crippen LogP contribution in [0.25, 0.3) is 0 Å². The van der Waals surface area contributed by atoms with Gasteiger partial charge in [0.1, 0.15) is 0 Å². The van der Waals surface area contributed by atoms with Crippen LogP contribution in [-0.4, -0.2) is 39.1 Å². The fourth-order valence-electron chi connectivity index (χ4n) is 2.71. The lowest BCUT2D eigenvalue weighted by atomic mass is 10.1. The molecule has 1 fully saturated rings. The van der Waals surface area contributed by atoms with Crippen LogP contribution in [0, 0.1) is 6.92 Å². The van der Waals surface area contributed by atoms with E-state index in [2.05, 4.69) is 29.3 Å². The van der Waals surface area contributed by atoms with Crippen LogP contribution >= 0.6 is 0 Å². The first kappa shape index (κ1) is 10.9. The SMILES string of the molecule is Cc1cccc2c1NCC1CS(=O)(=O)CCN21. The molecule has 0 saturated carbocycles. The van der Waals surface area contributed by atoms with Crippen LogP contribution in [0.15, 0.2) is 18.2 Å². The third-order valence-corrected chi connectivity index (χ3v) is 5.30. The Morgan fingerprint density at radius 2 is 2.24 bits per heavy atom. The second-order valence-corrected chi connectivity index (χ2v) is 7.04. The number of nitrogens with zero attached hydrogens (tertiary/aromatic N) is 1. The van der Waals surface area contributed by atoms with E-state index < -0.39 is 9.84 Å². The van der Waals surface area contributed by atoms with E-state index in [0.29, 0.717) is 6.54 Å². The second-order valence-electron chi connectivity index (χ2n) is 4.81. The van der Waals surface area contributed by atoms with Gasteiger partial charge in [0.25, 0.3) is 0 Å². The lowest BCUT2D eigenvalue weighted by Gasteiger charge is -2.42. The van der Waals surface area contributed by atoms with Crippen molar-refractivity contribution in [1.82, 2.24) is 0 Å². The van der Waals surface area contributed by atoms with Gasteiger partial charge in [-0.25, -0.2) is 8.42 Å². The summed E-state index contributed by atoms with van der Waals surface area (Å²) in [5.74, 6) is 0.546. The topological polar surface area (TPSA) is 49.4 Å². The summed E-state index contributed by atoms with van der Waals surface area (Å²) in [6.07, 6.45) is 0. The maximum atomic E-state index is 11.6. The predicted molar refractivity (Wildman–Crippen MR) is 69.5 cm³/mol. The normalized spacial score (nSPS) is 25.7. The molecule has 0 spiro atoms. The van der Waals surface area contributed by atoms with Crippen molar-refractivity contribution in [3.63, 3.8) is 0 Å². The molecule has 1 saturated heterocycles. The summed E-state index contributed by atoms with van der Waals surface area (Å²) in [6, 6.07) is 6.26. The molecule has 1 unspecified atom stereocenters. The summed E-state index contributed by atoms with van der Waals surface area (Å²) in [4.78, 5) is 2.24. The number of hydrogen-bond acceptors (Lipinski definition) is 4. The number of sulfone groups is 1.